The number of nitrogens with zero attached hydrogens (tertiary/aromatic N) is 5. The Hall–Kier alpha value is -4.61. The van der Waals surface area contributed by atoms with Crippen LogP contribution in [0, 0.1) is 20.8 Å². The van der Waals surface area contributed by atoms with E-state index < -0.39 is 0 Å². The largest absolute Gasteiger partial charge is 0.455 e. The van der Waals surface area contributed by atoms with Crippen LogP contribution in [0.5, 0.6) is 11.5 Å². The highest BCUT2D eigenvalue weighted by molar-refractivity contribution is 7.19. The van der Waals surface area contributed by atoms with Gasteiger partial charge < -0.3 is 20.3 Å². The summed E-state index contributed by atoms with van der Waals surface area (Å²) in [6.45, 7) is 8.40. The van der Waals surface area contributed by atoms with Gasteiger partial charge in [-0.1, -0.05) is 6.08 Å². The van der Waals surface area contributed by atoms with E-state index in [1.807, 2.05) is 68.1 Å². The number of thiophene rings is 1. The fraction of sp³-hybridized carbons (Fsp3) is 0.258. The van der Waals surface area contributed by atoms with Crippen molar-refractivity contribution in [3.8, 4) is 11.5 Å². The van der Waals surface area contributed by atoms with Gasteiger partial charge in [0, 0.05) is 47.7 Å². The van der Waals surface area contributed by atoms with Crippen LogP contribution >= 0.6 is 11.3 Å². The van der Waals surface area contributed by atoms with Crippen molar-refractivity contribution in [2.24, 2.45) is 0 Å². The number of nitrogens with one attached hydrogen (secondary N) is 3. The lowest BCUT2D eigenvalue weighted by molar-refractivity contribution is -0.126. The first-order valence-electron chi connectivity index (χ1n) is 13.8. The molecule has 3 N–H and O–H groups in total. The number of fused-ring (bicyclic) bond motifs is 3. The average Bonchev–Trinajstić information content (AvgIpc) is 3.58. The van der Waals surface area contributed by atoms with Crippen molar-refractivity contribution < 1.29 is 9.53 Å². The van der Waals surface area contributed by atoms with Gasteiger partial charge in [-0.25, -0.2) is 9.97 Å². The summed E-state index contributed by atoms with van der Waals surface area (Å²) in [6.07, 6.45) is 7.59. The Balaban J connectivity index is 1.11. The maximum absolute atomic E-state index is 12.9. The molecule has 0 aliphatic carbocycles. The zero-order chi connectivity index (χ0) is 29.1. The topological polar surface area (TPSA) is 121 Å². The molecule has 1 aliphatic rings. The first kappa shape index (κ1) is 27.6. The smallest absolute Gasteiger partial charge is 0.246 e. The molecule has 0 saturated carbocycles. The van der Waals surface area contributed by atoms with Crippen LogP contribution in [-0.2, 0) is 24.3 Å². The van der Waals surface area contributed by atoms with Crippen molar-refractivity contribution in [1.29, 1.82) is 0 Å². The van der Waals surface area contributed by atoms with Gasteiger partial charge in [-0.15, -0.1) is 11.3 Å². The SMILES string of the molecule is Cc1ccc(Oc2ccc(Nc3ncnc4sc5c(c34)CCN(C(=O)/C=C/CNCc3cc(C)[nH]n3)C5)cc2C)cn1. The number of amides is 1. The molecular formula is C31H32N8O2S. The van der Waals surface area contributed by atoms with Gasteiger partial charge in [-0.2, -0.15) is 5.10 Å². The molecule has 214 valence electrons. The lowest BCUT2D eigenvalue weighted by atomic mass is 10.0. The molecular weight excluding hydrogens is 548 g/mol. The molecule has 6 rings (SSSR count). The molecule has 0 saturated heterocycles. The number of ether oxygens (including phenoxy) is 1. The molecule has 5 heterocycles. The number of pyridine rings is 1. The number of aromatic nitrogens is 5. The number of hydrogen-bond acceptors (Lipinski definition) is 9. The second-order valence-corrected chi connectivity index (χ2v) is 11.4. The molecule has 0 spiro atoms. The second kappa shape index (κ2) is 12.1. The highest BCUT2D eigenvalue weighted by atomic mass is 32.1. The van der Waals surface area contributed by atoms with E-state index in [0.29, 0.717) is 31.9 Å². The van der Waals surface area contributed by atoms with E-state index in [1.165, 1.54) is 5.56 Å². The Morgan fingerprint density at radius 1 is 1.14 bits per heavy atom. The van der Waals surface area contributed by atoms with E-state index in [-0.39, 0.29) is 5.91 Å². The highest BCUT2D eigenvalue weighted by Crippen LogP contribution is 2.38. The molecule has 1 amide bonds. The Kier molecular flexibility index (Phi) is 7.93. The Bertz CT molecular complexity index is 1760. The van der Waals surface area contributed by atoms with Crippen LogP contribution < -0.4 is 15.4 Å². The van der Waals surface area contributed by atoms with E-state index in [4.69, 9.17) is 4.74 Å². The lowest BCUT2D eigenvalue weighted by Gasteiger charge is -2.26. The Morgan fingerprint density at radius 2 is 2.05 bits per heavy atom. The van der Waals surface area contributed by atoms with E-state index in [0.717, 1.165) is 61.4 Å². The summed E-state index contributed by atoms with van der Waals surface area (Å²) in [5.74, 6) is 2.26. The first-order valence-corrected chi connectivity index (χ1v) is 14.6. The number of benzene rings is 1. The third-order valence-corrected chi connectivity index (χ3v) is 8.21. The standard InChI is InChI=1S/C31H32N8O2S/c1-19-13-22(7-9-26(19)41-24-8-6-20(2)33-16-24)36-30-29-25-10-12-39(17-27(25)42-31(29)35-18-34-30)28(40)5-4-11-32-15-23-14-21(3)37-38-23/h4-9,13-14,16,18,32H,10-12,15,17H2,1-3H3,(H,37,38)(H,34,35,36)/b5-4+. The Labute approximate surface area is 247 Å². The molecule has 0 radical (unpaired) electrons. The third-order valence-electron chi connectivity index (χ3n) is 7.09. The average molecular weight is 581 g/mol. The van der Waals surface area contributed by atoms with Gasteiger partial charge in [0.25, 0.3) is 0 Å². The number of hydrogen-bond donors (Lipinski definition) is 3. The van der Waals surface area contributed by atoms with E-state index >= 15 is 0 Å². The van der Waals surface area contributed by atoms with Crippen LogP contribution in [0.2, 0.25) is 0 Å². The molecule has 10 nitrogen and oxygen atoms in total. The second-order valence-electron chi connectivity index (χ2n) is 10.3. The number of rotatable bonds is 9. The predicted molar refractivity (Wildman–Crippen MR) is 164 cm³/mol. The van der Waals surface area contributed by atoms with Gasteiger partial charge in [0.2, 0.25) is 5.91 Å². The summed E-state index contributed by atoms with van der Waals surface area (Å²) in [6, 6.07) is 11.8. The Morgan fingerprint density at radius 3 is 2.83 bits per heavy atom. The minimum Gasteiger partial charge on any atom is -0.455 e. The fourth-order valence-electron chi connectivity index (χ4n) is 4.94. The van der Waals surface area contributed by atoms with E-state index in [2.05, 4.69) is 35.8 Å². The maximum atomic E-state index is 12.9. The zero-order valence-electron chi connectivity index (χ0n) is 23.8. The molecule has 4 aromatic heterocycles. The fourth-order valence-corrected chi connectivity index (χ4v) is 6.15. The van der Waals surface area contributed by atoms with Gasteiger partial charge in [0.15, 0.2) is 0 Å². The third kappa shape index (κ3) is 6.17. The van der Waals surface area contributed by atoms with Gasteiger partial charge in [0.1, 0.15) is 28.5 Å². The number of aryl methyl sites for hydroxylation is 3. The van der Waals surface area contributed by atoms with Crippen molar-refractivity contribution in [3.63, 3.8) is 0 Å². The van der Waals surface area contributed by atoms with Crippen LogP contribution in [-0.4, -0.2) is 49.0 Å². The molecule has 5 aromatic rings. The summed E-state index contributed by atoms with van der Waals surface area (Å²) < 4.78 is 6.03. The van der Waals surface area contributed by atoms with Gasteiger partial charge in [-0.05, 0) is 74.7 Å². The van der Waals surface area contributed by atoms with Gasteiger partial charge in [-0.3, -0.25) is 14.9 Å². The van der Waals surface area contributed by atoms with Crippen LogP contribution in [0.4, 0.5) is 11.5 Å². The minimum atomic E-state index is 0.0131. The van der Waals surface area contributed by atoms with Crippen LogP contribution in [0.1, 0.15) is 33.1 Å². The van der Waals surface area contributed by atoms with Crippen molar-refractivity contribution in [2.75, 3.05) is 18.4 Å². The van der Waals surface area contributed by atoms with Crippen molar-refractivity contribution in [1.82, 2.24) is 35.4 Å². The molecule has 0 bridgehead atoms. The van der Waals surface area contributed by atoms with Gasteiger partial charge in [0.05, 0.1) is 23.8 Å². The van der Waals surface area contributed by atoms with Crippen LogP contribution in [0.25, 0.3) is 10.2 Å². The van der Waals surface area contributed by atoms with Crippen LogP contribution in [0.15, 0.2) is 61.1 Å². The molecule has 0 fully saturated rings. The normalized spacial score (nSPS) is 13.1. The lowest BCUT2D eigenvalue weighted by Crippen LogP contribution is -2.34. The van der Waals surface area contributed by atoms with Crippen LogP contribution in [0.3, 0.4) is 0 Å². The summed E-state index contributed by atoms with van der Waals surface area (Å²) >= 11 is 1.63. The first-order chi connectivity index (χ1) is 20.4. The maximum Gasteiger partial charge on any atom is 0.246 e. The molecule has 1 aromatic carbocycles. The summed E-state index contributed by atoms with van der Waals surface area (Å²) in [5.41, 5.74) is 6.05. The van der Waals surface area contributed by atoms with E-state index in [9.17, 15) is 4.79 Å². The number of aromatic amines is 1. The van der Waals surface area contributed by atoms with Crippen molar-refractivity contribution >= 4 is 39.0 Å². The monoisotopic (exact) mass is 580 g/mol. The number of anilines is 2. The number of carbonyl (C=O) groups excluding carboxylic acids is 1. The van der Waals surface area contributed by atoms with Gasteiger partial charge >= 0.3 is 0 Å². The molecule has 0 unspecified atom stereocenters. The number of H-pyrrole nitrogens is 1. The van der Waals surface area contributed by atoms with E-state index in [1.54, 1.807) is 29.9 Å². The van der Waals surface area contributed by atoms with Crippen molar-refractivity contribution in [3.05, 3.63) is 94.2 Å². The quantitative estimate of drug-likeness (QED) is 0.154. The summed E-state index contributed by atoms with van der Waals surface area (Å²) in [7, 11) is 0. The zero-order valence-corrected chi connectivity index (χ0v) is 24.6. The molecule has 42 heavy (non-hydrogen) atoms. The minimum absolute atomic E-state index is 0.0131. The molecule has 1 aliphatic heterocycles. The summed E-state index contributed by atoms with van der Waals surface area (Å²) in [5, 5.41) is 14.9. The number of carbonyl (C=O) groups is 1. The predicted octanol–water partition coefficient (Wildman–Crippen LogP) is 5.50. The summed E-state index contributed by atoms with van der Waals surface area (Å²) in [4.78, 5) is 30.3. The molecule has 11 heteroatoms. The molecule has 0 atom stereocenters. The van der Waals surface area contributed by atoms with Crippen molar-refractivity contribution in [2.45, 2.75) is 40.3 Å². The highest BCUT2D eigenvalue weighted by Gasteiger charge is 2.25.